The smallest absolute Gasteiger partial charge is 0.165 e. The molecule has 130 valence electrons. The highest BCUT2D eigenvalue weighted by molar-refractivity contribution is 5.52. The number of rotatable bonds is 4. The number of aromatic nitrogens is 4. The van der Waals surface area contributed by atoms with Crippen LogP contribution in [0.2, 0.25) is 0 Å². The number of hydrogen-bond acceptors (Lipinski definition) is 5. The van der Waals surface area contributed by atoms with E-state index in [-0.39, 0.29) is 5.82 Å². The fourth-order valence-corrected chi connectivity index (χ4v) is 2.31. The fraction of sp³-hybridized carbons (Fsp3) is 0.188. The zero-order chi connectivity index (χ0) is 18.1. The van der Waals surface area contributed by atoms with Gasteiger partial charge in [-0.25, -0.2) is 23.1 Å². The maximum Gasteiger partial charge on any atom is 0.165 e. The normalized spacial score (nSPS) is 12.2. The van der Waals surface area contributed by atoms with Crippen molar-refractivity contribution in [2.45, 2.75) is 20.0 Å². The fourth-order valence-electron chi connectivity index (χ4n) is 2.31. The topological polar surface area (TPSA) is 86.7 Å². The van der Waals surface area contributed by atoms with Gasteiger partial charge >= 0.3 is 0 Å². The van der Waals surface area contributed by atoms with E-state index in [4.69, 9.17) is 0 Å². The van der Waals surface area contributed by atoms with Gasteiger partial charge in [-0.2, -0.15) is 5.10 Å². The van der Waals surface area contributed by atoms with Crippen LogP contribution in [0.25, 0.3) is 0 Å². The highest BCUT2D eigenvalue weighted by Crippen LogP contribution is 2.26. The Morgan fingerprint density at radius 1 is 1.04 bits per heavy atom. The maximum atomic E-state index is 13.9. The Balaban J connectivity index is 1.97. The second-order valence-electron chi connectivity index (χ2n) is 5.51. The zero-order valence-corrected chi connectivity index (χ0v) is 13.3. The van der Waals surface area contributed by atoms with Gasteiger partial charge in [0.05, 0.1) is 0 Å². The molecule has 1 unspecified atom stereocenters. The van der Waals surface area contributed by atoms with Crippen molar-refractivity contribution in [3.63, 3.8) is 0 Å². The van der Waals surface area contributed by atoms with E-state index < -0.39 is 29.1 Å². The molecule has 0 spiro atoms. The van der Waals surface area contributed by atoms with Gasteiger partial charge in [-0.3, -0.25) is 5.10 Å². The van der Waals surface area contributed by atoms with Crippen LogP contribution < -0.4 is 5.32 Å². The molecule has 0 bridgehead atoms. The Kier molecular flexibility index (Phi) is 4.41. The number of aliphatic hydroxyl groups is 1. The molecule has 3 N–H and O–H groups in total. The third-order valence-electron chi connectivity index (χ3n) is 3.39. The maximum absolute atomic E-state index is 13.9. The van der Waals surface area contributed by atoms with Gasteiger partial charge in [0.2, 0.25) is 0 Å². The van der Waals surface area contributed by atoms with Crippen molar-refractivity contribution in [2.24, 2.45) is 0 Å². The van der Waals surface area contributed by atoms with E-state index in [0.717, 1.165) is 5.69 Å². The van der Waals surface area contributed by atoms with Crippen LogP contribution in [0, 0.1) is 31.3 Å². The Hall–Kier alpha value is -2.94. The Labute approximate surface area is 140 Å². The van der Waals surface area contributed by atoms with Crippen LogP contribution in [0.3, 0.4) is 0 Å². The van der Waals surface area contributed by atoms with Crippen LogP contribution >= 0.6 is 0 Å². The molecule has 1 atom stereocenters. The number of aryl methyl sites for hydroxylation is 2. The minimum atomic E-state index is -1.73. The van der Waals surface area contributed by atoms with E-state index in [1.165, 1.54) is 0 Å². The molecule has 1 aromatic carbocycles. The quantitative estimate of drug-likeness (QED) is 0.630. The zero-order valence-electron chi connectivity index (χ0n) is 13.3. The summed E-state index contributed by atoms with van der Waals surface area (Å²) in [4.78, 5) is 8.09. The number of nitrogens with one attached hydrogen (secondary N) is 2. The van der Waals surface area contributed by atoms with Crippen LogP contribution in [-0.2, 0) is 0 Å². The molecule has 0 radical (unpaired) electrons. The number of aromatic amines is 1. The van der Waals surface area contributed by atoms with Crippen molar-refractivity contribution in [1.29, 1.82) is 0 Å². The summed E-state index contributed by atoms with van der Waals surface area (Å²) in [6.07, 6.45) is -1.73. The minimum Gasteiger partial charge on any atom is -0.380 e. The summed E-state index contributed by atoms with van der Waals surface area (Å²) in [5.41, 5.74) is 0.714. The molecule has 0 amide bonds. The Morgan fingerprint density at radius 3 is 2.48 bits per heavy atom. The molecular weight excluding hydrogens is 335 g/mol. The van der Waals surface area contributed by atoms with Crippen LogP contribution in [0.1, 0.15) is 28.9 Å². The number of halogens is 3. The first-order valence-electron chi connectivity index (χ1n) is 7.30. The lowest BCUT2D eigenvalue weighted by atomic mass is 10.1. The molecule has 0 saturated heterocycles. The van der Waals surface area contributed by atoms with Crippen LogP contribution in [0.5, 0.6) is 0 Å². The molecule has 9 heteroatoms. The third kappa shape index (κ3) is 3.61. The third-order valence-corrected chi connectivity index (χ3v) is 3.39. The standard InChI is InChI=1S/C16H14F3N5O/c1-7-3-12(21-13-4-8(2)23-24-13)22-16(20-7)15(25)10-5-9(17)6-11(18)14(10)19/h3-6,15,25H,1-2H3,(H2,20,21,22,23,24). The number of aliphatic hydroxyl groups excluding tert-OH is 1. The number of anilines is 2. The second kappa shape index (κ2) is 6.52. The summed E-state index contributed by atoms with van der Waals surface area (Å²) < 4.78 is 40.6. The van der Waals surface area contributed by atoms with Gasteiger partial charge in [-0.05, 0) is 19.9 Å². The van der Waals surface area contributed by atoms with Crippen molar-refractivity contribution >= 4 is 11.6 Å². The van der Waals surface area contributed by atoms with Crippen molar-refractivity contribution in [3.05, 3.63) is 64.5 Å². The molecule has 6 nitrogen and oxygen atoms in total. The lowest BCUT2D eigenvalue weighted by molar-refractivity contribution is 0.202. The second-order valence-corrected chi connectivity index (χ2v) is 5.51. The van der Waals surface area contributed by atoms with Gasteiger partial charge in [0.15, 0.2) is 23.3 Å². The van der Waals surface area contributed by atoms with Gasteiger partial charge in [0.25, 0.3) is 0 Å². The summed E-state index contributed by atoms with van der Waals surface area (Å²) in [6, 6.07) is 4.42. The molecular formula is C16H14F3N5O. The van der Waals surface area contributed by atoms with E-state index >= 15 is 0 Å². The molecule has 3 rings (SSSR count). The van der Waals surface area contributed by atoms with Crippen LogP contribution in [0.15, 0.2) is 24.3 Å². The largest absolute Gasteiger partial charge is 0.380 e. The Morgan fingerprint density at radius 2 is 1.80 bits per heavy atom. The Bertz CT molecular complexity index is 928. The molecule has 0 fully saturated rings. The summed E-state index contributed by atoms with van der Waals surface area (Å²) in [5, 5.41) is 19.9. The summed E-state index contributed by atoms with van der Waals surface area (Å²) >= 11 is 0. The van der Waals surface area contributed by atoms with E-state index in [2.05, 4.69) is 25.5 Å². The number of H-pyrrole nitrogens is 1. The van der Waals surface area contributed by atoms with Crippen molar-refractivity contribution in [3.8, 4) is 0 Å². The molecule has 2 aromatic heterocycles. The monoisotopic (exact) mass is 349 g/mol. The highest BCUT2D eigenvalue weighted by atomic mass is 19.2. The average Bonchev–Trinajstić information content (AvgIpc) is 2.94. The van der Waals surface area contributed by atoms with E-state index in [9.17, 15) is 18.3 Å². The molecule has 0 saturated carbocycles. The van der Waals surface area contributed by atoms with Crippen LogP contribution in [-0.4, -0.2) is 25.3 Å². The average molecular weight is 349 g/mol. The first kappa shape index (κ1) is 16.9. The lowest BCUT2D eigenvalue weighted by Crippen LogP contribution is -2.11. The highest BCUT2D eigenvalue weighted by Gasteiger charge is 2.22. The van der Waals surface area contributed by atoms with E-state index in [0.29, 0.717) is 29.5 Å². The predicted molar refractivity (Wildman–Crippen MR) is 83.8 cm³/mol. The molecule has 0 aliphatic rings. The van der Waals surface area contributed by atoms with Crippen molar-refractivity contribution in [2.75, 3.05) is 5.32 Å². The van der Waals surface area contributed by atoms with Gasteiger partial charge in [0, 0.05) is 35.2 Å². The summed E-state index contributed by atoms with van der Waals surface area (Å²) in [5.74, 6) is -3.17. The van der Waals surface area contributed by atoms with Crippen molar-refractivity contribution in [1.82, 2.24) is 20.2 Å². The predicted octanol–water partition coefficient (Wildman–Crippen LogP) is 3.06. The van der Waals surface area contributed by atoms with Gasteiger partial charge in [-0.15, -0.1) is 0 Å². The number of hydrogen-bond donors (Lipinski definition) is 3. The summed E-state index contributed by atoms with van der Waals surface area (Å²) in [7, 11) is 0. The molecule has 2 heterocycles. The summed E-state index contributed by atoms with van der Waals surface area (Å²) in [6.45, 7) is 3.46. The van der Waals surface area contributed by atoms with Crippen molar-refractivity contribution < 1.29 is 18.3 Å². The van der Waals surface area contributed by atoms with Gasteiger partial charge in [0.1, 0.15) is 17.7 Å². The van der Waals surface area contributed by atoms with Gasteiger partial charge in [-0.1, -0.05) is 0 Å². The minimum absolute atomic E-state index is 0.196. The van der Waals surface area contributed by atoms with Crippen LogP contribution in [0.4, 0.5) is 24.8 Å². The molecule has 3 aromatic rings. The SMILES string of the molecule is Cc1cc(Nc2cc(C)[nH]n2)nc(C(O)c2cc(F)cc(F)c2F)n1. The lowest BCUT2D eigenvalue weighted by Gasteiger charge is -2.13. The number of benzene rings is 1. The van der Waals surface area contributed by atoms with E-state index in [1.807, 2.05) is 6.92 Å². The molecule has 25 heavy (non-hydrogen) atoms. The van der Waals surface area contributed by atoms with Gasteiger partial charge < -0.3 is 10.4 Å². The number of nitrogens with zero attached hydrogens (tertiary/aromatic N) is 3. The molecule has 0 aliphatic carbocycles. The first-order chi connectivity index (χ1) is 11.8. The van der Waals surface area contributed by atoms with E-state index in [1.54, 1.807) is 19.1 Å². The first-order valence-corrected chi connectivity index (χ1v) is 7.30. The molecule has 0 aliphatic heterocycles.